The van der Waals surface area contributed by atoms with Crippen molar-refractivity contribution in [1.29, 1.82) is 0 Å². The number of ether oxygens (including phenoxy) is 2. The van der Waals surface area contributed by atoms with Crippen LogP contribution in [0, 0.1) is 6.92 Å². The van der Waals surface area contributed by atoms with Gasteiger partial charge in [-0.25, -0.2) is 13.1 Å². The first-order chi connectivity index (χ1) is 13.9. The van der Waals surface area contributed by atoms with Crippen LogP contribution in [0.15, 0.2) is 44.2 Å². The Balaban J connectivity index is 1.62. The van der Waals surface area contributed by atoms with Gasteiger partial charge in [-0.05, 0) is 36.1 Å². The number of rotatable bonds is 6. The minimum Gasteiger partial charge on any atom is -0.454 e. The van der Waals surface area contributed by atoms with E-state index >= 15 is 0 Å². The molecule has 4 rings (SSSR count). The Kier molecular flexibility index (Phi) is 5.11. The molecule has 0 spiro atoms. The van der Waals surface area contributed by atoms with E-state index < -0.39 is 10.0 Å². The number of hydrogen-bond donors (Lipinski definition) is 2. The number of nitrogens with zero attached hydrogens (tertiary/aromatic N) is 2. The maximum Gasteiger partial charge on any atom is 0.265 e. The Morgan fingerprint density at radius 2 is 2.14 bits per heavy atom. The smallest absolute Gasteiger partial charge is 0.265 e. The molecule has 2 aromatic heterocycles. The third-order valence-electron chi connectivity index (χ3n) is 4.13. The average Bonchev–Trinajstić information content (AvgIpc) is 3.42. The van der Waals surface area contributed by atoms with Crippen LogP contribution in [0.5, 0.6) is 11.5 Å². The largest absolute Gasteiger partial charge is 0.454 e. The van der Waals surface area contributed by atoms with Gasteiger partial charge in [0.25, 0.3) is 15.9 Å². The van der Waals surface area contributed by atoms with E-state index in [9.17, 15) is 13.6 Å². The lowest BCUT2D eigenvalue weighted by molar-refractivity contribution is 0.174. The highest BCUT2D eigenvalue weighted by molar-refractivity contribution is 7.93. The minimum absolute atomic E-state index is 0.0684. The monoisotopic (exact) mass is 455 g/mol. The molecule has 29 heavy (non-hydrogen) atoms. The standard InChI is InChI=1S/C17H14ClN3O6S2/c1-9-15(18)17(27-20-9)21-29(23,24)14-4-5-28-16(14)11(19-22)6-10-2-3-12-13(7-10)26-8-25-12/h2-5,7,21-22H,6,8H2,1H3/b19-11+. The third-order valence-corrected chi connectivity index (χ3v) is 7.04. The number of halogens is 1. The number of thiophene rings is 1. The second-order valence-electron chi connectivity index (χ2n) is 6.04. The van der Waals surface area contributed by atoms with Crippen LogP contribution in [0.25, 0.3) is 0 Å². The van der Waals surface area contributed by atoms with E-state index in [4.69, 9.17) is 25.6 Å². The third kappa shape index (κ3) is 3.76. The molecule has 3 aromatic rings. The van der Waals surface area contributed by atoms with Gasteiger partial charge in [0.1, 0.15) is 21.3 Å². The zero-order valence-corrected chi connectivity index (χ0v) is 17.3. The summed E-state index contributed by atoms with van der Waals surface area (Å²) in [6, 6.07) is 6.69. The van der Waals surface area contributed by atoms with Gasteiger partial charge in [-0.1, -0.05) is 28.0 Å². The fourth-order valence-corrected chi connectivity index (χ4v) is 5.33. The van der Waals surface area contributed by atoms with Crippen LogP contribution in [0.3, 0.4) is 0 Å². The number of anilines is 1. The molecule has 0 atom stereocenters. The van der Waals surface area contributed by atoms with Gasteiger partial charge in [0.15, 0.2) is 11.5 Å². The highest BCUT2D eigenvalue weighted by Gasteiger charge is 2.26. The van der Waals surface area contributed by atoms with Gasteiger partial charge in [0, 0.05) is 6.42 Å². The van der Waals surface area contributed by atoms with Crippen molar-refractivity contribution in [3.63, 3.8) is 0 Å². The van der Waals surface area contributed by atoms with Gasteiger partial charge in [0.05, 0.1) is 4.88 Å². The molecule has 0 fully saturated rings. The number of aromatic nitrogens is 1. The zero-order valence-electron chi connectivity index (χ0n) is 14.9. The summed E-state index contributed by atoms with van der Waals surface area (Å²) >= 11 is 7.12. The molecule has 0 bridgehead atoms. The van der Waals surface area contributed by atoms with Crippen molar-refractivity contribution in [1.82, 2.24) is 5.16 Å². The molecule has 0 amide bonds. The molecular formula is C17H14ClN3O6S2. The van der Waals surface area contributed by atoms with E-state index in [1.807, 2.05) is 0 Å². The number of hydrogen-bond acceptors (Lipinski definition) is 9. The van der Waals surface area contributed by atoms with E-state index in [1.165, 1.54) is 6.07 Å². The van der Waals surface area contributed by atoms with Gasteiger partial charge < -0.3 is 19.2 Å². The van der Waals surface area contributed by atoms with E-state index in [1.54, 1.807) is 30.5 Å². The van der Waals surface area contributed by atoms with Crippen molar-refractivity contribution in [2.45, 2.75) is 18.2 Å². The second-order valence-corrected chi connectivity index (χ2v) is 8.99. The highest BCUT2D eigenvalue weighted by Crippen LogP contribution is 2.34. The second kappa shape index (κ2) is 7.58. The van der Waals surface area contributed by atoms with E-state index in [-0.39, 0.29) is 39.6 Å². The number of fused-ring (bicyclic) bond motifs is 1. The number of aryl methyl sites for hydroxylation is 1. The molecule has 1 aliphatic heterocycles. The fraction of sp³-hybridized carbons (Fsp3) is 0.176. The summed E-state index contributed by atoms with van der Waals surface area (Å²) in [4.78, 5) is 0.214. The first kappa shape index (κ1) is 19.6. The van der Waals surface area contributed by atoms with Crippen LogP contribution in [0.1, 0.15) is 16.1 Å². The topological polar surface area (TPSA) is 123 Å². The molecule has 12 heteroatoms. The minimum atomic E-state index is -4.06. The first-order valence-electron chi connectivity index (χ1n) is 8.21. The Bertz CT molecular complexity index is 1200. The van der Waals surface area contributed by atoms with Crippen molar-refractivity contribution >= 4 is 44.6 Å². The normalized spacial score (nSPS) is 13.7. The van der Waals surface area contributed by atoms with Gasteiger partial charge in [-0.15, -0.1) is 11.3 Å². The number of oxime groups is 1. The summed E-state index contributed by atoms with van der Waals surface area (Å²) in [6.45, 7) is 1.73. The molecule has 0 unspecified atom stereocenters. The van der Waals surface area contributed by atoms with Crippen molar-refractivity contribution in [3.05, 3.63) is 50.8 Å². The Morgan fingerprint density at radius 3 is 2.86 bits per heavy atom. The molecule has 3 heterocycles. The molecule has 1 aromatic carbocycles. The molecular weight excluding hydrogens is 442 g/mol. The number of sulfonamides is 1. The maximum atomic E-state index is 12.8. The lowest BCUT2D eigenvalue weighted by Gasteiger charge is -2.09. The predicted octanol–water partition coefficient (Wildman–Crippen LogP) is 3.65. The van der Waals surface area contributed by atoms with E-state index in [0.29, 0.717) is 17.2 Å². The summed E-state index contributed by atoms with van der Waals surface area (Å²) < 4.78 is 43.5. The SMILES string of the molecule is Cc1noc(NS(=O)(=O)c2ccsc2/C(Cc2ccc3c(c2)OCO3)=N/O)c1Cl. The summed E-state index contributed by atoms with van der Waals surface area (Å²) in [5.74, 6) is 1.02. The van der Waals surface area contributed by atoms with Crippen molar-refractivity contribution < 1.29 is 27.6 Å². The molecule has 152 valence electrons. The van der Waals surface area contributed by atoms with Crippen molar-refractivity contribution in [3.8, 4) is 11.5 Å². The summed E-state index contributed by atoms with van der Waals surface area (Å²) in [6.07, 6.45) is 0.179. The first-order valence-corrected chi connectivity index (χ1v) is 10.9. The van der Waals surface area contributed by atoms with Crippen LogP contribution >= 0.6 is 22.9 Å². The van der Waals surface area contributed by atoms with E-state index in [2.05, 4.69) is 15.0 Å². The Labute approximate surface area is 174 Å². The predicted molar refractivity (Wildman–Crippen MR) is 106 cm³/mol. The molecule has 9 nitrogen and oxygen atoms in total. The molecule has 1 aliphatic rings. The summed E-state index contributed by atoms with van der Waals surface area (Å²) in [7, 11) is -4.06. The fourth-order valence-electron chi connectivity index (χ4n) is 2.72. The van der Waals surface area contributed by atoms with Crippen LogP contribution in [-0.2, 0) is 16.4 Å². The summed E-state index contributed by atoms with van der Waals surface area (Å²) in [5.41, 5.74) is 1.30. The van der Waals surface area contributed by atoms with Gasteiger partial charge in [-0.3, -0.25) is 0 Å². The highest BCUT2D eigenvalue weighted by atomic mass is 35.5. The lowest BCUT2D eigenvalue weighted by atomic mass is 10.1. The van der Waals surface area contributed by atoms with Crippen LogP contribution in [0.4, 0.5) is 5.88 Å². The quantitative estimate of drug-likeness (QED) is 0.330. The Hall–Kier alpha value is -2.76. The molecule has 0 radical (unpaired) electrons. The Morgan fingerprint density at radius 1 is 1.34 bits per heavy atom. The number of nitrogens with one attached hydrogen (secondary N) is 1. The molecule has 2 N–H and O–H groups in total. The van der Waals surface area contributed by atoms with Crippen molar-refractivity contribution in [2.75, 3.05) is 11.5 Å². The van der Waals surface area contributed by atoms with Gasteiger partial charge in [-0.2, -0.15) is 0 Å². The van der Waals surface area contributed by atoms with Gasteiger partial charge in [0.2, 0.25) is 6.79 Å². The average molecular weight is 456 g/mol. The van der Waals surface area contributed by atoms with E-state index in [0.717, 1.165) is 16.9 Å². The maximum absolute atomic E-state index is 12.8. The van der Waals surface area contributed by atoms with Crippen LogP contribution in [-0.4, -0.2) is 31.3 Å². The summed E-state index contributed by atoms with van der Waals surface area (Å²) in [5, 5.41) is 18.2. The van der Waals surface area contributed by atoms with Crippen LogP contribution < -0.4 is 14.2 Å². The molecule has 0 saturated carbocycles. The number of benzene rings is 1. The van der Waals surface area contributed by atoms with Gasteiger partial charge >= 0.3 is 0 Å². The molecule has 0 saturated heterocycles. The van der Waals surface area contributed by atoms with Crippen LogP contribution in [0.2, 0.25) is 5.02 Å². The lowest BCUT2D eigenvalue weighted by Crippen LogP contribution is -2.16. The van der Waals surface area contributed by atoms with Crippen molar-refractivity contribution in [2.24, 2.45) is 5.16 Å². The molecule has 0 aliphatic carbocycles. The zero-order chi connectivity index (χ0) is 20.6.